The summed E-state index contributed by atoms with van der Waals surface area (Å²) >= 11 is 0. The molecule has 1 aliphatic carbocycles. The zero-order chi connectivity index (χ0) is 7.61. The summed E-state index contributed by atoms with van der Waals surface area (Å²) in [5, 5.41) is 9.04. The monoisotopic (exact) mass is 143 g/mol. The van der Waals surface area contributed by atoms with Crippen molar-refractivity contribution in [1.82, 2.24) is 0 Å². The van der Waals surface area contributed by atoms with Gasteiger partial charge in [-0.15, -0.1) is 0 Å². The third-order valence-corrected chi connectivity index (χ3v) is 2.77. The summed E-state index contributed by atoms with van der Waals surface area (Å²) in [7, 11) is 0. The van der Waals surface area contributed by atoms with Crippen LogP contribution in [0.2, 0.25) is 0 Å². The van der Waals surface area contributed by atoms with Gasteiger partial charge >= 0.3 is 0 Å². The maximum Gasteiger partial charge on any atom is 0.0499 e. The summed E-state index contributed by atoms with van der Waals surface area (Å²) in [4.78, 5) is 0. The molecular formula is C8H17NO. The highest BCUT2D eigenvalue weighted by Crippen LogP contribution is 2.33. The number of aliphatic hydroxyl groups excluding tert-OH is 1. The molecule has 0 aromatic carbocycles. The largest absolute Gasteiger partial charge is 0.396 e. The molecule has 10 heavy (non-hydrogen) atoms. The van der Waals surface area contributed by atoms with Crippen LogP contribution in [-0.4, -0.2) is 17.8 Å². The van der Waals surface area contributed by atoms with Gasteiger partial charge in [-0.1, -0.05) is 19.8 Å². The van der Waals surface area contributed by atoms with Gasteiger partial charge in [-0.3, -0.25) is 0 Å². The molecule has 0 saturated heterocycles. The fourth-order valence-corrected chi connectivity index (χ4v) is 1.62. The molecule has 2 unspecified atom stereocenters. The number of hydrogen-bond acceptors (Lipinski definition) is 2. The second-order valence-corrected chi connectivity index (χ2v) is 3.66. The van der Waals surface area contributed by atoms with Gasteiger partial charge < -0.3 is 10.8 Å². The van der Waals surface area contributed by atoms with Gasteiger partial charge in [0.15, 0.2) is 0 Å². The number of nitrogens with two attached hydrogens (primary N) is 1. The van der Waals surface area contributed by atoms with Crippen LogP contribution >= 0.6 is 0 Å². The molecule has 0 heterocycles. The lowest BCUT2D eigenvalue weighted by Crippen LogP contribution is -2.44. The standard InChI is InChI=1S/C8H17NO/c1-8(6-10)5-3-2-4-7(8)9/h7,10H,2-6,9H2,1H3. The van der Waals surface area contributed by atoms with E-state index in [1.807, 2.05) is 0 Å². The van der Waals surface area contributed by atoms with Gasteiger partial charge in [0.25, 0.3) is 0 Å². The third-order valence-electron chi connectivity index (χ3n) is 2.77. The molecule has 0 aliphatic heterocycles. The molecule has 0 radical (unpaired) electrons. The first kappa shape index (κ1) is 8.02. The van der Waals surface area contributed by atoms with E-state index in [1.165, 1.54) is 12.8 Å². The quantitative estimate of drug-likeness (QED) is 0.572. The highest BCUT2D eigenvalue weighted by molar-refractivity contribution is 4.88. The Morgan fingerprint density at radius 3 is 2.70 bits per heavy atom. The zero-order valence-electron chi connectivity index (χ0n) is 6.64. The van der Waals surface area contributed by atoms with Crippen LogP contribution in [0.3, 0.4) is 0 Å². The van der Waals surface area contributed by atoms with E-state index in [9.17, 15) is 0 Å². The molecule has 0 amide bonds. The highest BCUT2D eigenvalue weighted by Gasteiger charge is 2.33. The van der Waals surface area contributed by atoms with Gasteiger partial charge in [0.1, 0.15) is 0 Å². The van der Waals surface area contributed by atoms with Gasteiger partial charge in [0.05, 0.1) is 0 Å². The van der Waals surface area contributed by atoms with E-state index in [0.29, 0.717) is 0 Å². The Bertz CT molecular complexity index is 116. The van der Waals surface area contributed by atoms with E-state index in [2.05, 4.69) is 6.92 Å². The lowest BCUT2D eigenvalue weighted by molar-refractivity contribution is 0.0794. The summed E-state index contributed by atoms with van der Waals surface area (Å²) in [6.07, 6.45) is 4.63. The molecule has 2 nitrogen and oxygen atoms in total. The van der Waals surface area contributed by atoms with E-state index in [-0.39, 0.29) is 18.1 Å². The van der Waals surface area contributed by atoms with Gasteiger partial charge in [-0.25, -0.2) is 0 Å². The Morgan fingerprint density at radius 2 is 2.30 bits per heavy atom. The molecule has 0 bridgehead atoms. The first-order valence-electron chi connectivity index (χ1n) is 4.05. The lowest BCUT2D eigenvalue weighted by Gasteiger charge is -2.37. The Hall–Kier alpha value is -0.0800. The minimum Gasteiger partial charge on any atom is -0.396 e. The molecule has 60 valence electrons. The Morgan fingerprint density at radius 1 is 1.60 bits per heavy atom. The fraction of sp³-hybridized carbons (Fsp3) is 1.00. The Balaban J connectivity index is 2.54. The van der Waals surface area contributed by atoms with Crippen LogP contribution < -0.4 is 5.73 Å². The van der Waals surface area contributed by atoms with E-state index in [0.717, 1.165) is 12.8 Å². The van der Waals surface area contributed by atoms with Crippen LogP contribution in [0.4, 0.5) is 0 Å². The SMILES string of the molecule is CC1(CO)CCCCC1N. The predicted molar refractivity (Wildman–Crippen MR) is 41.6 cm³/mol. The smallest absolute Gasteiger partial charge is 0.0499 e. The van der Waals surface area contributed by atoms with Crippen LogP contribution in [0.5, 0.6) is 0 Å². The molecule has 0 spiro atoms. The molecule has 1 rings (SSSR count). The predicted octanol–water partition coefficient (Wildman–Crippen LogP) is 0.886. The van der Waals surface area contributed by atoms with Crippen molar-refractivity contribution >= 4 is 0 Å². The molecule has 0 aromatic rings. The van der Waals surface area contributed by atoms with E-state index >= 15 is 0 Å². The number of aliphatic hydroxyl groups is 1. The van der Waals surface area contributed by atoms with Gasteiger partial charge in [0, 0.05) is 18.1 Å². The van der Waals surface area contributed by atoms with Crippen molar-refractivity contribution in [2.24, 2.45) is 11.1 Å². The second kappa shape index (κ2) is 2.89. The van der Waals surface area contributed by atoms with Crippen molar-refractivity contribution < 1.29 is 5.11 Å². The van der Waals surface area contributed by atoms with Crippen LogP contribution in [0.1, 0.15) is 32.6 Å². The van der Waals surface area contributed by atoms with Crippen LogP contribution in [0, 0.1) is 5.41 Å². The van der Waals surface area contributed by atoms with Crippen molar-refractivity contribution in [2.75, 3.05) is 6.61 Å². The zero-order valence-corrected chi connectivity index (χ0v) is 6.64. The van der Waals surface area contributed by atoms with Gasteiger partial charge in [0.2, 0.25) is 0 Å². The average molecular weight is 143 g/mol. The molecule has 2 atom stereocenters. The van der Waals surface area contributed by atoms with E-state index in [4.69, 9.17) is 10.8 Å². The van der Waals surface area contributed by atoms with Gasteiger partial charge in [-0.05, 0) is 12.8 Å². The van der Waals surface area contributed by atoms with Crippen molar-refractivity contribution in [3.63, 3.8) is 0 Å². The number of hydrogen-bond donors (Lipinski definition) is 2. The molecule has 1 saturated carbocycles. The van der Waals surface area contributed by atoms with Crippen molar-refractivity contribution in [3.05, 3.63) is 0 Å². The first-order valence-corrected chi connectivity index (χ1v) is 4.05. The lowest BCUT2D eigenvalue weighted by atomic mass is 9.73. The Labute approximate surface area is 62.4 Å². The summed E-state index contributed by atoms with van der Waals surface area (Å²) in [6.45, 7) is 2.32. The summed E-state index contributed by atoms with van der Waals surface area (Å²) in [5.41, 5.74) is 5.88. The maximum absolute atomic E-state index is 9.04. The van der Waals surface area contributed by atoms with E-state index in [1.54, 1.807) is 0 Å². The minimum absolute atomic E-state index is 0.0122. The van der Waals surface area contributed by atoms with Crippen molar-refractivity contribution in [2.45, 2.75) is 38.6 Å². The summed E-state index contributed by atoms with van der Waals surface area (Å²) in [6, 6.07) is 0.214. The van der Waals surface area contributed by atoms with Crippen molar-refractivity contribution in [3.8, 4) is 0 Å². The first-order chi connectivity index (χ1) is 4.69. The molecule has 1 aliphatic rings. The fourth-order valence-electron chi connectivity index (χ4n) is 1.62. The van der Waals surface area contributed by atoms with Crippen molar-refractivity contribution in [1.29, 1.82) is 0 Å². The third kappa shape index (κ3) is 1.32. The normalized spacial score (nSPS) is 41.7. The molecule has 2 heteroatoms. The highest BCUT2D eigenvalue weighted by atomic mass is 16.3. The number of rotatable bonds is 1. The topological polar surface area (TPSA) is 46.2 Å². The molecule has 0 aromatic heterocycles. The molecule has 1 fully saturated rings. The van der Waals surface area contributed by atoms with Crippen LogP contribution in [0.15, 0.2) is 0 Å². The van der Waals surface area contributed by atoms with Crippen LogP contribution in [0.25, 0.3) is 0 Å². The van der Waals surface area contributed by atoms with E-state index < -0.39 is 0 Å². The second-order valence-electron chi connectivity index (χ2n) is 3.66. The molecule has 3 N–H and O–H groups in total. The maximum atomic E-state index is 9.04. The Kier molecular flexibility index (Phi) is 2.32. The molecular weight excluding hydrogens is 126 g/mol. The van der Waals surface area contributed by atoms with Gasteiger partial charge in [-0.2, -0.15) is 0 Å². The minimum atomic E-state index is 0.0122. The summed E-state index contributed by atoms with van der Waals surface area (Å²) in [5.74, 6) is 0. The van der Waals surface area contributed by atoms with Crippen LogP contribution in [-0.2, 0) is 0 Å². The average Bonchev–Trinajstić information content (AvgIpc) is 1.96. The summed E-state index contributed by atoms with van der Waals surface area (Å²) < 4.78 is 0.